The van der Waals surface area contributed by atoms with E-state index in [2.05, 4.69) is 598 Å². The van der Waals surface area contributed by atoms with E-state index in [1.165, 1.54) is 170 Å². The Morgan fingerprint density at radius 2 is 0.407 bits per heavy atom. The first-order valence-corrected chi connectivity index (χ1v) is 51.3. The first kappa shape index (κ1) is 87.7. The highest BCUT2D eigenvalue weighted by Crippen LogP contribution is 2.49. The second kappa shape index (κ2) is 37.3. The van der Waals surface area contributed by atoms with Crippen molar-refractivity contribution in [1.82, 2.24) is 37.4 Å². The fraction of sp³-hybridized carbons (Fsp3) is 0. The zero-order chi connectivity index (χ0) is 99.1. The Morgan fingerprint density at radius 1 is 0.120 bits per heavy atom. The molecule has 0 aliphatic rings. The maximum absolute atomic E-state index is 5.39. The number of hydrogen-bond donors (Lipinski definition) is 0. The third-order valence-electron chi connectivity index (χ3n) is 29.9. The van der Waals surface area contributed by atoms with Gasteiger partial charge < -0.3 is 18.3 Å². The number of nitrogens with zero attached hydrogens (tertiary/aromatic N) is 8. The van der Waals surface area contributed by atoms with Crippen molar-refractivity contribution in [3.8, 4) is 135 Å². The van der Waals surface area contributed by atoms with E-state index in [-0.39, 0.29) is 0 Å². The van der Waals surface area contributed by atoms with Crippen molar-refractivity contribution < 1.29 is 0 Å². The van der Waals surface area contributed by atoms with Crippen LogP contribution in [0.15, 0.2) is 570 Å². The van der Waals surface area contributed by atoms with Crippen LogP contribution in [0.1, 0.15) is 0 Å². The fourth-order valence-corrected chi connectivity index (χ4v) is 23.2. The van der Waals surface area contributed by atoms with Crippen molar-refractivity contribution in [2.75, 3.05) is 0 Å². The Kier molecular flexibility index (Phi) is 21.8. The van der Waals surface area contributed by atoms with E-state index in [0.29, 0.717) is 0 Å². The lowest BCUT2D eigenvalue weighted by Gasteiger charge is -2.15. The summed E-state index contributed by atoms with van der Waals surface area (Å²) < 4.78 is 14.4. The minimum Gasteiger partial charge on any atom is -0.309 e. The van der Waals surface area contributed by atoms with Gasteiger partial charge in [-0.25, -0.2) is 9.97 Å². The highest BCUT2D eigenvalue weighted by Gasteiger charge is 2.27. The van der Waals surface area contributed by atoms with Crippen molar-refractivity contribution in [3.63, 3.8) is 0 Å². The van der Waals surface area contributed by atoms with Gasteiger partial charge >= 0.3 is 0 Å². The summed E-state index contributed by atoms with van der Waals surface area (Å²) in [7, 11) is 0. The molecular weight excluding hydrogens is 1820 g/mol. The third-order valence-corrected chi connectivity index (χ3v) is 29.9. The number of aromatic nitrogens is 8. The molecule has 8 heterocycles. The van der Waals surface area contributed by atoms with Gasteiger partial charge in [0.05, 0.1) is 77.6 Å². The summed E-state index contributed by atoms with van der Waals surface area (Å²) in [5, 5.41) is 14.8. The van der Waals surface area contributed by atoms with Crippen molar-refractivity contribution in [2.24, 2.45) is 0 Å². The zero-order valence-electron chi connectivity index (χ0n) is 81.8. The lowest BCUT2D eigenvalue weighted by atomic mass is 9.97. The van der Waals surface area contributed by atoms with Crippen molar-refractivity contribution in [1.29, 1.82) is 0 Å². The normalized spacial score (nSPS) is 11.6. The highest BCUT2D eigenvalue weighted by atomic mass is 15.1. The van der Waals surface area contributed by atoms with Gasteiger partial charge in [0.1, 0.15) is 11.6 Å². The highest BCUT2D eigenvalue weighted by molar-refractivity contribution is 6.22. The Morgan fingerprint density at radius 3 is 0.853 bits per heavy atom. The van der Waals surface area contributed by atoms with Crippen LogP contribution >= 0.6 is 0 Å². The fourth-order valence-electron chi connectivity index (χ4n) is 23.2. The maximum Gasteiger partial charge on any atom is 0.138 e. The van der Waals surface area contributed by atoms with E-state index in [1.807, 2.05) is 0 Å². The molecule has 0 saturated heterocycles. The van der Waals surface area contributed by atoms with E-state index in [4.69, 9.17) is 9.97 Å². The summed E-state index contributed by atoms with van der Waals surface area (Å²) in [6.45, 7) is 0. The van der Waals surface area contributed by atoms with Gasteiger partial charge in [-0.3, -0.25) is 9.13 Å². The van der Waals surface area contributed by atoms with Gasteiger partial charge in [-0.15, -0.1) is 0 Å². The largest absolute Gasteiger partial charge is 0.309 e. The molecule has 0 fully saturated rings. The molecule has 30 rings (SSSR count). The molecule has 702 valence electrons. The van der Waals surface area contributed by atoms with E-state index in [1.54, 1.807) is 0 Å². The standard InChI is InChI=1S/C48H32N2.2C47H31N3/c1-4-14-33(15-5-1)37-28-38(34-16-6-2-7-17-34)30-40(29-37)50-46-23-13-11-21-42(46)44-27-25-36(32-48(44)50)35-24-26-43-41-20-10-12-22-45(41)49(47(43)31-35)39-18-8-3-9-19-39;1-4-15-32(16-5-1)35-30-42(33-17-6-2-7-18-33)48-46(31-35)50-44-26-13-10-21-38(44)40-24-14-23-37(47(40)50)34-27-28-45-41(29-34)39-22-11-12-25-43(39)49(45)36-19-8-3-9-20-36;1-4-16-32(17-5-1)34-30-41(33-18-6-2-7-19-33)48-45(31-34)50-43-28-13-11-23-40(43)46-37(24-15-29-44(46)50)39-26-14-25-38-36-22-10-12-27-42(36)49(47(38)39)35-20-8-3-9-21-35/h1-32H;2*1-31H. The van der Waals surface area contributed by atoms with Crippen LogP contribution < -0.4 is 0 Å². The van der Waals surface area contributed by atoms with Crippen LogP contribution in [0, 0.1) is 0 Å². The van der Waals surface area contributed by atoms with Crippen molar-refractivity contribution in [3.05, 3.63) is 570 Å². The topological polar surface area (TPSA) is 55.4 Å². The van der Waals surface area contributed by atoms with Gasteiger partial charge in [0.2, 0.25) is 0 Å². The maximum atomic E-state index is 5.39. The predicted molar refractivity (Wildman–Crippen MR) is 630 cm³/mol. The zero-order valence-corrected chi connectivity index (χ0v) is 81.8. The van der Waals surface area contributed by atoms with Crippen molar-refractivity contribution in [2.45, 2.75) is 0 Å². The molecule has 22 aromatic carbocycles. The minimum absolute atomic E-state index is 0.894. The number of fused-ring (bicyclic) bond motifs is 18. The van der Waals surface area contributed by atoms with E-state index < -0.39 is 0 Å². The molecule has 8 nitrogen and oxygen atoms in total. The van der Waals surface area contributed by atoms with E-state index in [9.17, 15) is 0 Å². The second-order valence-electron chi connectivity index (χ2n) is 38.6. The van der Waals surface area contributed by atoms with Gasteiger partial charge in [0, 0.05) is 110 Å². The summed E-state index contributed by atoms with van der Waals surface area (Å²) >= 11 is 0. The Labute approximate surface area is 867 Å². The van der Waals surface area contributed by atoms with Gasteiger partial charge in [0.15, 0.2) is 0 Å². The van der Waals surface area contributed by atoms with Gasteiger partial charge in [-0.2, -0.15) is 0 Å². The molecule has 30 aromatic rings. The molecule has 0 atom stereocenters. The van der Waals surface area contributed by atoms with Gasteiger partial charge in [-0.1, -0.05) is 425 Å². The molecule has 0 radical (unpaired) electrons. The molecule has 8 heteroatoms. The Hall–Kier alpha value is -20.1. The summed E-state index contributed by atoms with van der Waals surface area (Å²) in [4.78, 5) is 10.8. The average Bonchev–Trinajstić information content (AvgIpc) is 1.56. The molecule has 0 aliphatic carbocycles. The lowest BCUT2D eigenvalue weighted by molar-refractivity contribution is 1.08. The first-order valence-electron chi connectivity index (χ1n) is 51.3. The molecule has 0 amide bonds. The van der Waals surface area contributed by atoms with E-state index >= 15 is 0 Å². The molecule has 0 N–H and O–H groups in total. The van der Waals surface area contributed by atoms with Crippen LogP contribution in [0.3, 0.4) is 0 Å². The summed E-state index contributed by atoms with van der Waals surface area (Å²) in [5.74, 6) is 1.79. The SMILES string of the molecule is c1ccc(-c2cc(-c3ccccc3)cc(-n3c4ccccc4c4ccc(-c5ccc6c7ccccc7n(-c7ccccc7)c6c5)cc43)c2)cc1.c1ccc(-c2cc(-c3ccccc3)nc(-n3c4ccccc4c4c(-c5cccc6c7ccccc7n(-c7ccccc7)c56)cccc43)c2)cc1.c1ccc(-c2cc(-c3ccccc3)nc(-n3c4ccccc4c4cccc(-c5ccc6c(c5)c5ccccc5n6-c5ccccc5)c43)c2)cc1. The summed E-state index contributed by atoms with van der Waals surface area (Å²) in [6, 6.07) is 205. The number of hydrogen-bond acceptors (Lipinski definition) is 2. The monoisotopic (exact) mass is 1910 g/mol. The van der Waals surface area contributed by atoms with E-state index in [0.717, 1.165) is 95.5 Å². The number of benzene rings is 22. The van der Waals surface area contributed by atoms with Crippen LogP contribution in [0.25, 0.3) is 266 Å². The summed E-state index contributed by atoms with van der Waals surface area (Å²) in [5.41, 5.74) is 39.4. The average molecular weight is 1910 g/mol. The molecule has 0 bridgehead atoms. The smallest absolute Gasteiger partial charge is 0.138 e. The molecule has 0 aliphatic heterocycles. The second-order valence-corrected chi connectivity index (χ2v) is 38.6. The Balaban J connectivity index is 0.000000108. The lowest BCUT2D eigenvalue weighted by Crippen LogP contribution is -2.01. The molecule has 150 heavy (non-hydrogen) atoms. The molecule has 0 unspecified atom stereocenters. The van der Waals surface area contributed by atoms with Crippen LogP contribution in [0.4, 0.5) is 0 Å². The van der Waals surface area contributed by atoms with Gasteiger partial charge in [0.25, 0.3) is 0 Å². The number of pyridine rings is 2. The van der Waals surface area contributed by atoms with Crippen LogP contribution in [0.2, 0.25) is 0 Å². The van der Waals surface area contributed by atoms with Crippen molar-refractivity contribution >= 4 is 131 Å². The molecular formula is C142H94N8. The molecule has 8 aromatic heterocycles. The predicted octanol–water partition coefficient (Wildman–Crippen LogP) is 37.4. The Bertz CT molecular complexity index is 10300. The molecule has 0 saturated carbocycles. The first-order chi connectivity index (χ1) is 74.4. The number of rotatable bonds is 15. The quantitative estimate of drug-likeness (QED) is 0.103. The minimum atomic E-state index is 0.894. The van der Waals surface area contributed by atoms with Crippen LogP contribution in [0.5, 0.6) is 0 Å². The molecule has 0 spiro atoms. The van der Waals surface area contributed by atoms with Crippen LogP contribution in [-0.2, 0) is 0 Å². The summed E-state index contributed by atoms with van der Waals surface area (Å²) in [6.07, 6.45) is 0. The number of para-hydroxylation sites is 11. The van der Waals surface area contributed by atoms with Gasteiger partial charge in [-0.05, 0) is 212 Å². The van der Waals surface area contributed by atoms with Crippen LogP contribution in [-0.4, -0.2) is 37.4 Å². The third kappa shape index (κ3) is 15.3.